The van der Waals surface area contributed by atoms with Crippen LogP contribution in [-0.2, 0) is 0 Å². The molecule has 0 radical (unpaired) electrons. The van der Waals surface area contributed by atoms with E-state index in [1.54, 1.807) is 31.2 Å². The Labute approximate surface area is 88.1 Å². The van der Waals surface area contributed by atoms with Crippen LogP contribution in [0.5, 0.6) is 0 Å². The number of benzene rings is 1. The van der Waals surface area contributed by atoms with Crippen molar-refractivity contribution in [2.45, 2.75) is 38.8 Å². The number of halogens is 3. The molecule has 1 unspecified atom stereocenters. The zero-order valence-electron chi connectivity index (χ0n) is 8.93. The minimum absolute atomic E-state index is 0.159. The van der Waals surface area contributed by atoms with E-state index in [1.807, 2.05) is 6.92 Å². The largest absolute Gasteiger partial charge is 0.395 e. The van der Waals surface area contributed by atoms with Gasteiger partial charge in [0.05, 0.1) is 5.92 Å². The summed E-state index contributed by atoms with van der Waals surface area (Å²) in [6.07, 6.45) is -3.43. The smallest absolute Gasteiger partial charge is 0.170 e. The zero-order chi connectivity index (χ0) is 11.5. The van der Waals surface area contributed by atoms with Crippen molar-refractivity contribution in [2.24, 2.45) is 0 Å². The van der Waals surface area contributed by atoms with E-state index in [1.165, 1.54) is 0 Å². The van der Waals surface area contributed by atoms with Crippen molar-refractivity contribution in [1.82, 2.24) is 0 Å². The van der Waals surface area contributed by atoms with Crippen molar-refractivity contribution in [3.8, 4) is 0 Å². The molecule has 0 saturated heterocycles. The first kappa shape index (κ1) is 12.1. The Balaban J connectivity index is 2.94. The molecule has 0 bridgehead atoms. The standard InChI is InChI=1S/C12H15F3/c1-3-4-11(12(13,14)15)10-7-5-9(2)6-8-10/h5-8,11H,3-4H2,1-2H3. The van der Waals surface area contributed by atoms with Gasteiger partial charge in [-0.3, -0.25) is 0 Å². The first-order valence-electron chi connectivity index (χ1n) is 5.08. The number of hydrogen-bond donors (Lipinski definition) is 0. The Hall–Kier alpha value is -0.990. The van der Waals surface area contributed by atoms with Gasteiger partial charge >= 0.3 is 6.18 Å². The highest BCUT2D eigenvalue weighted by Gasteiger charge is 2.39. The van der Waals surface area contributed by atoms with Crippen molar-refractivity contribution >= 4 is 0 Å². The highest BCUT2D eigenvalue weighted by molar-refractivity contribution is 5.25. The quantitative estimate of drug-likeness (QED) is 0.700. The van der Waals surface area contributed by atoms with Gasteiger partial charge in [-0.15, -0.1) is 0 Å². The minimum atomic E-state index is -4.13. The molecule has 0 aromatic heterocycles. The second-order valence-corrected chi connectivity index (χ2v) is 3.79. The van der Waals surface area contributed by atoms with Gasteiger partial charge in [0.25, 0.3) is 0 Å². The summed E-state index contributed by atoms with van der Waals surface area (Å²) in [5.74, 6) is -1.32. The van der Waals surface area contributed by atoms with Crippen LogP contribution < -0.4 is 0 Å². The molecule has 1 atom stereocenters. The number of aryl methyl sites for hydroxylation is 1. The van der Waals surface area contributed by atoms with E-state index in [2.05, 4.69) is 0 Å². The van der Waals surface area contributed by atoms with Crippen molar-refractivity contribution in [2.75, 3.05) is 0 Å². The highest BCUT2D eigenvalue weighted by atomic mass is 19.4. The third kappa shape index (κ3) is 3.26. The molecule has 0 aliphatic carbocycles. The van der Waals surface area contributed by atoms with Crippen LogP contribution in [0.3, 0.4) is 0 Å². The van der Waals surface area contributed by atoms with E-state index in [-0.39, 0.29) is 6.42 Å². The van der Waals surface area contributed by atoms with Crippen molar-refractivity contribution in [3.05, 3.63) is 35.4 Å². The van der Waals surface area contributed by atoms with Crippen molar-refractivity contribution in [3.63, 3.8) is 0 Å². The molecule has 0 nitrogen and oxygen atoms in total. The zero-order valence-corrected chi connectivity index (χ0v) is 8.93. The topological polar surface area (TPSA) is 0 Å². The summed E-state index contributed by atoms with van der Waals surface area (Å²) in [6, 6.07) is 6.60. The van der Waals surface area contributed by atoms with Gasteiger partial charge < -0.3 is 0 Å². The van der Waals surface area contributed by atoms with Gasteiger partial charge in [-0.1, -0.05) is 43.2 Å². The summed E-state index contributed by atoms with van der Waals surface area (Å²) < 4.78 is 38.1. The molecule has 0 N–H and O–H groups in total. The van der Waals surface area contributed by atoms with Gasteiger partial charge in [0, 0.05) is 0 Å². The van der Waals surface area contributed by atoms with Crippen LogP contribution in [0.1, 0.15) is 36.8 Å². The monoisotopic (exact) mass is 216 g/mol. The van der Waals surface area contributed by atoms with Crippen LogP contribution in [0.4, 0.5) is 13.2 Å². The van der Waals surface area contributed by atoms with Gasteiger partial charge in [0.15, 0.2) is 0 Å². The molecule has 0 spiro atoms. The normalized spacial score (nSPS) is 13.9. The van der Waals surface area contributed by atoms with Crippen LogP contribution in [0, 0.1) is 6.92 Å². The highest BCUT2D eigenvalue weighted by Crippen LogP contribution is 2.38. The Morgan fingerprint density at radius 3 is 2.07 bits per heavy atom. The molecule has 15 heavy (non-hydrogen) atoms. The fourth-order valence-corrected chi connectivity index (χ4v) is 1.61. The van der Waals surface area contributed by atoms with Gasteiger partial charge in [-0.2, -0.15) is 13.2 Å². The summed E-state index contributed by atoms with van der Waals surface area (Å²) in [7, 11) is 0. The Morgan fingerprint density at radius 2 is 1.67 bits per heavy atom. The Morgan fingerprint density at radius 1 is 1.13 bits per heavy atom. The van der Waals surface area contributed by atoms with E-state index in [0.717, 1.165) is 5.56 Å². The molecule has 0 aliphatic heterocycles. The first-order valence-corrected chi connectivity index (χ1v) is 5.08. The molecular weight excluding hydrogens is 201 g/mol. The van der Waals surface area contributed by atoms with Crippen LogP contribution in [0.15, 0.2) is 24.3 Å². The molecule has 0 aliphatic rings. The molecular formula is C12H15F3. The third-order valence-corrected chi connectivity index (χ3v) is 2.45. The molecule has 84 valence electrons. The predicted molar refractivity (Wildman–Crippen MR) is 54.9 cm³/mol. The van der Waals surface area contributed by atoms with E-state index >= 15 is 0 Å². The lowest BCUT2D eigenvalue weighted by atomic mass is 9.93. The van der Waals surface area contributed by atoms with Gasteiger partial charge in [0.1, 0.15) is 0 Å². The second kappa shape index (κ2) is 4.69. The summed E-state index contributed by atoms with van der Waals surface area (Å²) in [6.45, 7) is 3.64. The van der Waals surface area contributed by atoms with E-state index < -0.39 is 12.1 Å². The fraction of sp³-hybridized carbons (Fsp3) is 0.500. The lowest BCUT2D eigenvalue weighted by Crippen LogP contribution is -2.20. The molecule has 1 aromatic carbocycles. The molecule has 0 fully saturated rings. The molecule has 0 saturated carbocycles. The summed E-state index contributed by atoms with van der Waals surface area (Å²) in [4.78, 5) is 0. The van der Waals surface area contributed by atoms with E-state index in [0.29, 0.717) is 12.0 Å². The van der Waals surface area contributed by atoms with Crippen LogP contribution in [0.25, 0.3) is 0 Å². The molecule has 0 heterocycles. The average Bonchev–Trinajstić information content (AvgIpc) is 2.14. The van der Waals surface area contributed by atoms with Crippen LogP contribution in [0.2, 0.25) is 0 Å². The van der Waals surface area contributed by atoms with Crippen molar-refractivity contribution in [1.29, 1.82) is 0 Å². The molecule has 1 aromatic rings. The number of hydrogen-bond acceptors (Lipinski definition) is 0. The lowest BCUT2D eigenvalue weighted by Gasteiger charge is -2.20. The van der Waals surface area contributed by atoms with Gasteiger partial charge in [0.2, 0.25) is 0 Å². The predicted octanol–water partition coefficient (Wildman–Crippen LogP) is 4.44. The fourth-order valence-electron chi connectivity index (χ4n) is 1.61. The van der Waals surface area contributed by atoms with E-state index in [4.69, 9.17) is 0 Å². The van der Waals surface area contributed by atoms with Gasteiger partial charge in [-0.25, -0.2) is 0 Å². The lowest BCUT2D eigenvalue weighted by molar-refractivity contribution is -0.152. The first-order chi connectivity index (χ1) is 6.95. The maximum absolute atomic E-state index is 12.7. The van der Waals surface area contributed by atoms with Crippen LogP contribution >= 0.6 is 0 Å². The average molecular weight is 216 g/mol. The summed E-state index contributed by atoms with van der Waals surface area (Å²) in [5, 5.41) is 0. The Bertz CT molecular complexity index is 298. The number of rotatable bonds is 3. The molecule has 3 heteroatoms. The molecule has 1 rings (SSSR count). The SMILES string of the molecule is CCCC(c1ccc(C)cc1)C(F)(F)F. The Kier molecular flexibility index (Phi) is 3.77. The number of alkyl halides is 3. The second-order valence-electron chi connectivity index (χ2n) is 3.79. The third-order valence-electron chi connectivity index (χ3n) is 2.45. The maximum Gasteiger partial charge on any atom is 0.395 e. The molecule has 0 amide bonds. The summed E-state index contributed by atoms with van der Waals surface area (Å²) >= 11 is 0. The summed E-state index contributed by atoms with van der Waals surface area (Å²) in [5.41, 5.74) is 1.35. The van der Waals surface area contributed by atoms with Gasteiger partial charge in [-0.05, 0) is 18.9 Å². The maximum atomic E-state index is 12.7. The van der Waals surface area contributed by atoms with Crippen LogP contribution in [-0.4, -0.2) is 6.18 Å². The minimum Gasteiger partial charge on any atom is -0.170 e. The van der Waals surface area contributed by atoms with E-state index in [9.17, 15) is 13.2 Å². The van der Waals surface area contributed by atoms with Crippen molar-refractivity contribution < 1.29 is 13.2 Å².